The van der Waals surface area contributed by atoms with Gasteiger partial charge in [0.25, 0.3) is 0 Å². The van der Waals surface area contributed by atoms with Gasteiger partial charge in [-0.25, -0.2) is 4.39 Å². The maximum atomic E-state index is 13.9. The summed E-state index contributed by atoms with van der Waals surface area (Å²) < 4.78 is 13.9. The van der Waals surface area contributed by atoms with E-state index in [1.54, 1.807) is 6.07 Å². The Kier molecular flexibility index (Phi) is 2.78. The molecule has 21 heavy (non-hydrogen) atoms. The van der Waals surface area contributed by atoms with Crippen LogP contribution in [0.3, 0.4) is 0 Å². The largest absolute Gasteiger partial charge is 0.284 e. The van der Waals surface area contributed by atoms with Crippen LogP contribution in [0.25, 0.3) is 10.9 Å². The second-order valence-electron chi connectivity index (χ2n) is 5.16. The number of aromatic nitrogens is 1. The average molecular weight is 276 g/mol. The molecule has 3 aromatic rings. The van der Waals surface area contributed by atoms with Crippen molar-refractivity contribution in [2.75, 3.05) is 6.54 Å². The molecule has 2 aromatic carbocycles. The van der Waals surface area contributed by atoms with Crippen molar-refractivity contribution >= 4 is 16.6 Å². The molecule has 0 aliphatic carbocycles. The lowest BCUT2D eigenvalue weighted by molar-refractivity contribution is 0.607. The minimum atomic E-state index is -0.145. The van der Waals surface area contributed by atoms with Gasteiger partial charge in [-0.05, 0) is 30.2 Å². The van der Waals surface area contributed by atoms with Crippen LogP contribution in [-0.2, 0) is 6.42 Å². The molecule has 1 aliphatic rings. The third kappa shape index (κ3) is 2.02. The monoisotopic (exact) mass is 276 g/mol. The van der Waals surface area contributed by atoms with E-state index in [4.69, 9.17) is 0 Å². The van der Waals surface area contributed by atoms with Gasteiger partial charge in [0.05, 0.1) is 11.2 Å². The van der Waals surface area contributed by atoms with Crippen LogP contribution in [-0.4, -0.2) is 17.2 Å². The molecule has 0 unspecified atom stereocenters. The fourth-order valence-corrected chi connectivity index (χ4v) is 2.85. The number of aliphatic imine (C=N–C) groups is 1. The SMILES string of the molecule is Fc1cccc2c1CCN=C2c1cnc2ccccc2c1. The van der Waals surface area contributed by atoms with Crippen molar-refractivity contribution in [1.82, 2.24) is 4.98 Å². The lowest BCUT2D eigenvalue weighted by Gasteiger charge is -2.17. The number of pyridine rings is 1. The Labute approximate surface area is 122 Å². The molecule has 102 valence electrons. The standard InChI is InChI=1S/C18H13FN2/c19-16-6-3-5-15-14(16)8-9-20-18(15)13-10-12-4-1-2-7-17(12)21-11-13/h1-7,10-11H,8-9H2. The van der Waals surface area contributed by atoms with E-state index in [0.29, 0.717) is 13.0 Å². The Morgan fingerprint density at radius 3 is 2.86 bits per heavy atom. The van der Waals surface area contributed by atoms with E-state index in [-0.39, 0.29) is 5.82 Å². The van der Waals surface area contributed by atoms with Gasteiger partial charge in [0.2, 0.25) is 0 Å². The van der Waals surface area contributed by atoms with E-state index in [0.717, 1.165) is 33.3 Å². The summed E-state index contributed by atoms with van der Waals surface area (Å²) >= 11 is 0. The molecule has 1 aliphatic heterocycles. The number of fused-ring (bicyclic) bond motifs is 2. The zero-order valence-corrected chi connectivity index (χ0v) is 11.4. The second kappa shape index (κ2) is 4.77. The van der Waals surface area contributed by atoms with Gasteiger partial charge in [-0.1, -0.05) is 30.3 Å². The molecule has 0 radical (unpaired) electrons. The first-order valence-corrected chi connectivity index (χ1v) is 7.00. The summed E-state index contributed by atoms with van der Waals surface area (Å²) in [4.78, 5) is 9.08. The number of hydrogen-bond acceptors (Lipinski definition) is 2. The molecule has 0 N–H and O–H groups in total. The van der Waals surface area contributed by atoms with Crippen LogP contribution >= 0.6 is 0 Å². The van der Waals surface area contributed by atoms with E-state index in [9.17, 15) is 4.39 Å². The first-order chi connectivity index (χ1) is 10.3. The third-order valence-corrected chi connectivity index (χ3v) is 3.87. The van der Waals surface area contributed by atoms with Gasteiger partial charge in [-0.2, -0.15) is 0 Å². The van der Waals surface area contributed by atoms with Gasteiger partial charge < -0.3 is 0 Å². The van der Waals surface area contributed by atoms with Crippen molar-refractivity contribution in [3.63, 3.8) is 0 Å². The van der Waals surface area contributed by atoms with E-state index >= 15 is 0 Å². The summed E-state index contributed by atoms with van der Waals surface area (Å²) in [6, 6.07) is 15.2. The third-order valence-electron chi connectivity index (χ3n) is 3.87. The van der Waals surface area contributed by atoms with Crippen LogP contribution in [0.1, 0.15) is 16.7 Å². The number of nitrogens with zero attached hydrogens (tertiary/aromatic N) is 2. The van der Waals surface area contributed by atoms with Gasteiger partial charge in [0.15, 0.2) is 0 Å². The topological polar surface area (TPSA) is 25.2 Å². The molecule has 0 saturated carbocycles. The Hall–Kier alpha value is -2.55. The highest BCUT2D eigenvalue weighted by Gasteiger charge is 2.18. The van der Waals surface area contributed by atoms with Crippen molar-refractivity contribution in [2.24, 2.45) is 4.99 Å². The minimum Gasteiger partial charge on any atom is -0.284 e. The number of benzene rings is 2. The van der Waals surface area contributed by atoms with Crippen molar-refractivity contribution in [2.45, 2.75) is 6.42 Å². The highest BCUT2D eigenvalue weighted by atomic mass is 19.1. The van der Waals surface area contributed by atoms with Crippen LogP contribution in [0.5, 0.6) is 0 Å². The number of para-hydroxylation sites is 1. The van der Waals surface area contributed by atoms with E-state index in [1.165, 1.54) is 6.07 Å². The van der Waals surface area contributed by atoms with E-state index < -0.39 is 0 Å². The molecule has 0 bridgehead atoms. The summed E-state index contributed by atoms with van der Waals surface area (Å²) in [6.07, 6.45) is 2.48. The normalized spacial score (nSPS) is 13.9. The summed E-state index contributed by atoms with van der Waals surface area (Å²) in [5, 5.41) is 1.07. The average Bonchev–Trinajstić information content (AvgIpc) is 2.54. The Balaban J connectivity index is 1.89. The molecular formula is C18H13FN2. The fourth-order valence-electron chi connectivity index (χ4n) is 2.85. The first kappa shape index (κ1) is 12.2. The molecule has 0 saturated heterocycles. The zero-order chi connectivity index (χ0) is 14.2. The van der Waals surface area contributed by atoms with Crippen molar-refractivity contribution < 1.29 is 4.39 Å². The second-order valence-corrected chi connectivity index (χ2v) is 5.16. The summed E-state index contributed by atoms with van der Waals surface area (Å²) in [5.41, 5.74) is 4.39. The highest BCUT2D eigenvalue weighted by Crippen LogP contribution is 2.24. The molecule has 0 amide bonds. The number of rotatable bonds is 1. The molecule has 2 heterocycles. The Morgan fingerprint density at radius 1 is 1.00 bits per heavy atom. The maximum Gasteiger partial charge on any atom is 0.127 e. The first-order valence-electron chi connectivity index (χ1n) is 7.00. The smallest absolute Gasteiger partial charge is 0.127 e. The van der Waals surface area contributed by atoms with Crippen LogP contribution in [0.4, 0.5) is 4.39 Å². The molecule has 1 aromatic heterocycles. The minimum absolute atomic E-state index is 0.145. The molecule has 0 spiro atoms. The van der Waals surface area contributed by atoms with Gasteiger partial charge >= 0.3 is 0 Å². The molecular weight excluding hydrogens is 263 g/mol. The van der Waals surface area contributed by atoms with Gasteiger partial charge in [-0.3, -0.25) is 9.98 Å². The molecule has 3 heteroatoms. The summed E-state index contributed by atoms with van der Waals surface area (Å²) in [7, 11) is 0. The predicted octanol–water partition coefficient (Wildman–Crippen LogP) is 3.77. The predicted molar refractivity (Wildman–Crippen MR) is 82.4 cm³/mol. The fraction of sp³-hybridized carbons (Fsp3) is 0.111. The van der Waals surface area contributed by atoms with Crippen LogP contribution in [0, 0.1) is 5.82 Å². The highest BCUT2D eigenvalue weighted by molar-refractivity contribution is 6.15. The molecule has 0 atom stereocenters. The number of halogens is 1. The Bertz CT molecular complexity index is 868. The molecule has 2 nitrogen and oxygen atoms in total. The quantitative estimate of drug-likeness (QED) is 0.664. The molecule has 0 fully saturated rings. The van der Waals surface area contributed by atoms with Gasteiger partial charge in [-0.15, -0.1) is 0 Å². The van der Waals surface area contributed by atoms with Crippen molar-refractivity contribution in [3.05, 3.63) is 77.2 Å². The summed E-state index contributed by atoms with van der Waals surface area (Å²) in [6.45, 7) is 0.621. The summed E-state index contributed by atoms with van der Waals surface area (Å²) in [5.74, 6) is -0.145. The van der Waals surface area contributed by atoms with Crippen LogP contribution in [0.15, 0.2) is 59.7 Å². The maximum absolute atomic E-state index is 13.9. The molecule has 4 rings (SSSR count). The van der Waals surface area contributed by atoms with E-state index in [2.05, 4.69) is 16.0 Å². The lowest BCUT2D eigenvalue weighted by atomic mass is 9.93. The van der Waals surface area contributed by atoms with Gasteiger partial charge in [0, 0.05) is 29.3 Å². The van der Waals surface area contributed by atoms with Gasteiger partial charge in [0.1, 0.15) is 5.82 Å². The lowest BCUT2D eigenvalue weighted by Crippen LogP contribution is -2.15. The van der Waals surface area contributed by atoms with Crippen molar-refractivity contribution in [3.8, 4) is 0 Å². The zero-order valence-electron chi connectivity index (χ0n) is 11.4. The number of hydrogen-bond donors (Lipinski definition) is 0. The van der Waals surface area contributed by atoms with Crippen molar-refractivity contribution in [1.29, 1.82) is 0 Å². The van der Waals surface area contributed by atoms with E-state index in [1.807, 2.05) is 36.5 Å². The van der Waals surface area contributed by atoms with Crippen LogP contribution in [0.2, 0.25) is 0 Å². The van der Waals surface area contributed by atoms with Crippen LogP contribution < -0.4 is 0 Å². The Morgan fingerprint density at radius 2 is 1.90 bits per heavy atom.